The van der Waals surface area contributed by atoms with Crippen LogP contribution < -0.4 is 11.1 Å². The Morgan fingerprint density at radius 2 is 1.94 bits per heavy atom. The van der Waals surface area contributed by atoms with Crippen LogP contribution in [0.5, 0.6) is 0 Å². The number of nitrogens with two attached hydrogens (primary N) is 1. The summed E-state index contributed by atoms with van der Waals surface area (Å²) in [5, 5.41) is 15.7. The molecule has 6 rings (SSSR count). The number of nitrogen functional groups attached to an aromatic ring is 1. The highest BCUT2D eigenvalue weighted by atomic mass is 19.4. The van der Waals surface area contributed by atoms with E-state index in [-0.39, 0.29) is 11.8 Å². The van der Waals surface area contributed by atoms with Crippen LogP contribution in [-0.4, -0.2) is 55.8 Å². The summed E-state index contributed by atoms with van der Waals surface area (Å²) in [6, 6.07) is 0.289. The number of hydrogen-bond acceptors (Lipinski definition) is 8. The van der Waals surface area contributed by atoms with Gasteiger partial charge in [-0.15, -0.1) is 0 Å². The molecule has 13 heteroatoms. The van der Waals surface area contributed by atoms with Gasteiger partial charge in [0.2, 0.25) is 0 Å². The van der Waals surface area contributed by atoms with E-state index in [1.165, 1.54) is 6.33 Å². The fourth-order valence-corrected chi connectivity index (χ4v) is 4.68. The number of anilines is 1. The van der Waals surface area contributed by atoms with E-state index in [4.69, 9.17) is 20.2 Å². The lowest BCUT2D eigenvalue weighted by molar-refractivity contribution is -0.192. The van der Waals surface area contributed by atoms with E-state index in [9.17, 15) is 18.0 Å². The molecule has 0 spiro atoms. The average Bonchev–Trinajstić information content (AvgIpc) is 3.20. The monoisotopic (exact) mass is 478 g/mol. The summed E-state index contributed by atoms with van der Waals surface area (Å²) in [7, 11) is 0. The van der Waals surface area contributed by atoms with E-state index >= 15 is 0 Å². The number of aromatic nitrogens is 4. The van der Waals surface area contributed by atoms with E-state index in [2.05, 4.69) is 25.0 Å². The molecule has 1 aliphatic heterocycles. The van der Waals surface area contributed by atoms with Gasteiger partial charge in [0, 0.05) is 36.2 Å². The van der Waals surface area contributed by atoms with Gasteiger partial charge in [-0.1, -0.05) is 5.16 Å². The molecule has 1 saturated carbocycles. The van der Waals surface area contributed by atoms with Crippen LogP contribution in [0.15, 0.2) is 10.9 Å². The van der Waals surface area contributed by atoms with E-state index in [0.717, 1.165) is 60.4 Å². The van der Waals surface area contributed by atoms with E-state index in [1.807, 2.05) is 0 Å². The molecule has 0 bridgehead atoms. The van der Waals surface area contributed by atoms with Crippen LogP contribution in [-0.2, 0) is 11.2 Å². The largest absolute Gasteiger partial charge is 0.490 e. The number of fused-ring (bicyclic) bond motifs is 5. The third kappa shape index (κ3) is 3.69. The molecule has 4 N–H and O–H groups in total. The van der Waals surface area contributed by atoms with Crippen LogP contribution >= 0.6 is 0 Å². The second-order valence-electron chi connectivity index (χ2n) is 8.57. The molecule has 2 fully saturated rings. The number of carbonyl (C=O) groups excluding carboxylic acids is 1. The fraction of sp³-hybridized carbons (Fsp3) is 0.476. The number of halogens is 3. The number of carboxylic acids is 1. The molecule has 0 radical (unpaired) electrons. The standard InChI is InChI=1S/C19H20N6O2.C2HF3O2/c20-18-15-13-11(25(10-5-6-21-7-10)19(15)23-8-22-18)3-4-12(26)14-16(13)24-27-17(14)9-1-2-9;3-2(4,5)1(6)7/h8-10,21H,1-7H2,(H2,20,22,23);(H,6,7). The molecule has 0 aromatic carbocycles. The first-order valence-electron chi connectivity index (χ1n) is 10.9. The lowest BCUT2D eigenvalue weighted by Crippen LogP contribution is -2.21. The molecule has 3 aliphatic rings. The smallest absolute Gasteiger partial charge is 0.475 e. The maximum absolute atomic E-state index is 13.0. The van der Waals surface area contributed by atoms with Crippen molar-refractivity contribution < 1.29 is 32.4 Å². The molecule has 3 aromatic rings. The second-order valence-corrected chi connectivity index (χ2v) is 8.57. The highest BCUT2D eigenvalue weighted by Gasteiger charge is 2.40. The van der Waals surface area contributed by atoms with Crippen molar-refractivity contribution in [1.29, 1.82) is 0 Å². The number of carboxylic acid groups (broad SMARTS) is 1. The molecule has 34 heavy (non-hydrogen) atoms. The van der Waals surface area contributed by atoms with Crippen molar-refractivity contribution in [1.82, 2.24) is 25.0 Å². The Balaban J connectivity index is 0.000000304. The maximum atomic E-state index is 13.0. The molecular formula is C21H21F3N6O4. The Labute approximate surface area is 190 Å². The molecule has 3 aromatic heterocycles. The highest BCUT2D eigenvalue weighted by molar-refractivity contribution is 6.10. The summed E-state index contributed by atoms with van der Waals surface area (Å²) in [5.74, 6) is -1.14. The molecule has 2 aliphatic carbocycles. The van der Waals surface area contributed by atoms with Crippen LogP contribution in [0.25, 0.3) is 22.3 Å². The van der Waals surface area contributed by atoms with E-state index in [0.29, 0.717) is 35.8 Å². The number of nitrogens with one attached hydrogen (secondary N) is 1. The van der Waals surface area contributed by atoms with Gasteiger partial charge in [-0.05, 0) is 32.2 Å². The normalized spacial score (nSPS) is 19.9. The van der Waals surface area contributed by atoms with Crippen LogP contribution in [0.3, 0.4) is 0 Å². The number of ketones is 1. The van der Waals surface area contributed by atoms with E-state index in [1.54, 1.807) is 0 Å². The first-order valence-corrected chi connectivity index (χ1v) is 10.9. The molecule has 10 nitrogen and oxygen atoms in total. The summed E-state index contributed by atoms with van der Waals surface area (Å²) < 4.78 is 39.7. The zero-order chi connectivity index (χ0) is 24.2. The van der Waals surface area contributed by atoms with Crippen LogP contribution in [0.1, 0.15) is 59.5 Å². The van der Waals surface area contributed by atoms with Gasteiger partial charge in [0.25, 0.3) is 0 Å². The molecule has 1 atom stereocenters. The number of rotatable bonds is 2. The van der Waals surface area contributed by atoms with Gasteiger partial charge >= 0.3 is 12.1 Å². The number of nitrogens with zero attached hydrogens (tertiary/aromatic N) is 4. The predicted octanol–water partition coefficient (Wildman–Crippen LogP) is 2.84. The number of aliphatic carboxylic acids is 1. The molecule has 4 heterocycles. The van der Waals surface area contributed by atoms with E-state index < -0.39 is 12.1 Å². The van der Waals surface area contributed by atoms with Gasteiger partial charge < -0.3 is 25.2 Å². The van der Waals surface area contributed by atoms with Crippen molar-refractivity contribution in [3.63, 3.8) is 0 Å². The zero-order valence-corrected chi connectivity index (χ0v) is 17.9. The maximum Gasteiger partial charge on any atom is 0.490 e. The number of alkyl halides is 3. The third-order valence-corrected chi connectivity index (χ3v) is 6.33. The first-order chi connectivity index (χ1) is 16.2. The first kappa shape index (κ1) is 22.3. The van der Waals surface area contributed by atoms with Gasteiger partial charge in [-0.3, -0.25) is 4.79 Å². The molecule has 1 unspecified atom stereocenters. The summed E-state index contributed by atoms with van der Waals surface area (Å²) in [5.41, 5.74) is 10.4. The number of carbonyl (C=O) groups is 2. The second kappa shape index (κ2) is 8.08. The van der Waals surface area contributed by atoms with Gasteiger partial charge in [-0.25, -0.2) is 14.8 Å². The lowest BCUT2D eigenvalue weighted by Gasteiger charge is -2.16. The van der Waals surface area contributed by atoms with Crippen LogP contribution in [0.4, 0.5) is 19.0 Å². The SMILES string of the molecule is Nc1ncnc2c1c1c(n2C2CCNC2)CCC(=O)c2c-1noc2C1CC1.O=C(O)C(F)(F)F. The van der Waals surface area contributed by atoms with Crippen molar-refractivity contribution in [3.8, 4) is 11.3 Å². The molecular weight excluding hydrogens is 457 g/mol. The average molecular weight is 478 g/mol. The highest BCUT2D eigenvalue weighted by Crippen LogP contribution is 2.48. The Bertz CT molecular complexity index is 1290. The zero-order valence-electron chi connectivity index (χ0n) is 17.9. The van der Waals surface area contributed by atoms with Crippen molar-refractivity contribution >= 4 is 28.6 Å². The van der Waals surface area contributed by atoms with Crippen LogP contribution in [0, 0.1) is 0 Å². The summed E-state index contributed by atoms with van der Waals surface area (Å²) in [4.78, 5) is 30.6. The van der Waals surface area contributed by atoms with Crippen molar-refractivity contribution in [2.45, 2.75) is 50.2 Å². The van der Waals surface area contributed by atoms with Gasteiger partial charge in [0.1, 0.15) is 23.5 Å². The predicted molar refractivity (Wildman–Crippen MR) is 112 cm³/mol. The van der Waals surface area contributed by atoms with Crippen LogP contribution in [0.2, 0.25) is 0 Å². The Hall–Kier alpha value is -3.48. The minimum Gasteiger partial charge on any atom is -0.475 e. The summed E-state index contributed by atoms with van der Waals surface area (Å²) in [6.07, 6.45) is 0.671. The van der Waals surface area contributed by atoms with Gasteiger partial charge in [0.05, 0.1) is 10.9 Å². The summed E-state index contributed by atoms with van der Waals surface area (Å²) in [6.45, 7) is 1.85. The topological polar surface area (TPSA) is 149 Å². The summed E-state index contributed by atoms with van der Waals surface area (Å²) >= 11 is 0. The third-order valence-electron chi connectivity index (χ3n) is 6.33. The van der Waals surface area contributed by atoms with Crippen molar-refractivity contribution in [2.75, 3.05) is 18.8 Å². The van der Waals surface area contributed by atoms with Gasteiger partial charge in [0.15, 0.2) is 11.5 Å². The Morgan fingerprint density at radius 1 is 1.21 bits per heavy atom. The van der Waals surface area contributed by atoms with Crippen molar-refractivity contribution in [2.24, 2.45) is 0 Å². The number of Topliss-reactive ketones (excluding diaryl/α,β-unsaturated/α-hetero) is 1. The Kier molecular flexibility index (Phi) is 5.30. The lowest BCUT2D eigenvalue weighted by atomic mass is 10.0. The minimum absolute atomic E-state index is 0.115. The van der Waals surface area contributed by atoms with Crippen molar-refractivity contribution in [3.05, 3.63) is 23.3 Å². The Morgan fingerprint density at radius 3 is 2.56 bits per heavy atom. The molecule has 1 saturated heterocycles. The quantitative estimate of drug-likeness (QED) is 0.505. The van der Waals surface area contributed by atoms with Gasteiger partial charge in [-0.2, -0.15) is 13.2 Å². The minimum atomic E-state index is -5.08. The molecule has 180 valence electrons. The number of hydrogen-bond donors (Lipinski definition) is 3. The fourth-order valence-electron chi connectivity index (χ4n) is 4.68. The molecule has 0 amide bonds.